The molecule has 24 heavy (non-hydrogen) atoms. The summed E-state index contributed by atoms with van der Waals surface area (Å²) in [7, 11) is 0. The quantitative estimate of drug-likeness (QED) is 0.703. The Morgan fingerprint density at radius 1 is 1.25 bits per heavy atom. The first-order valence-corrected chi connectivity index (χ1v) is 9.33. The minimum Gasteiger partial charge on any atom is -0.366 e. The highest BCUT2D eigenvalue weighted by Gasteiger charge is 2.24. The fourth-order valence-corrected chi connectivity index (χ4v) is 2.78. The molecule has 1 aromatic heterocycles. The van der Waals surface area contributed by atoms with E-state index in [0.29, 0.717) is 18.2 Å². The van der Waals surface area contributed by atoms with E-state index >= 15 is 0 Å². The van der Waals surface area contributed by atoms with Crippen LogP contribution in [0.3, 0.4) is 0 Å². The van der Waals surface area contributed by atoms with Gasteiger partial charge in [-0.3, -0.25) is 9.59 Å². The van der Waals surface area contributed by atoms with Crippen molar-refractivity contribution in [3.8, 4) is 0 Å². The number of rotatable bonds is 7. The second kappa shape index (κ2) is 8.92. The number of anilines is 2. The van der Waals surface area contributed by atoms with Gasteiger partial charge >= 0.3 is 0 Å². The van der Waals surface area contributed by atoms with Gasteiger partial charge in [-0.25, -0.2) is 4.98 Å². The number of hydrogen-bond donors (Lipinski definition) is 3. The number of amides is 2. The van der Waals surface area contributed by atoms with E-state index in [-0.39, 0.29) is 23.1 Å². The maximum atomic E-state index is 12.1. The van der Waals surface area contributed by atoms with Crippen LogP contribution in [0.5, 0.6) is 0 Å². The van der Waals surface area contributed by atoms with E-state index in [1.165, 1.54) is 11.8 Å². The van der Waals surface area contributed by atoms with Gasteiger partial charge in [-0.15, -0.1) is 11.8 Å². The van der Waals surface area contributed by atoms with Gasteiger partial charge in [0.15, 0.2) is 0 Å². The highest BCUT2D eigenvalue weighted by molar-refractivity contribution is 8.00. The number of carbonyl (C=O) groups is 2. The van der Waals surface area contributed by atoms with Gasteiger partial charge in [0.1, 0.15) is 16.9 Å². The van der Waals surface area contributed by atoms with Gasteiger partial charge in [0, 0.05) is 18.0 Å². The highest BCUT2D eigenvalue weighted by atomic mass is 32.2. The summed E-state index contributed by atoms with van der Waals surface area (Å²) in [4.78, 5) is 28.5. The lowest BCUT2D eigenvalue weighted by molar-refractivity contribution is -0.123. The Labute approximate surface area is 148 Å². The molecule has 0 aliphatic carbocycles. The smallest absolute Gasteiger partial charge is 0.235 e. The minimum absolute atomic E-state index is 0.00203. The number of thioether (sulfide) groups is 1. The van der Waals surface area contributed by atoms with Crippen LogP contribution in [0, 0.1) is 5.41 Å². The molecule has 0 radical (unpaired) electrons. The number of carbonyl (C=O) groups excluding carboxylic acids is 2. The van der Waals surface area contributed by atoms with Crippen molar-refractivity contribution in [1.82, 2.24) is 10.3 Å². The summed E-state index contributed by atoms with van der Waals surface area (Å²) in [5.41, 5.74) is -0.486. The fourth-order valence-electron chi connectivity index (χ4n) is 2.01. The molecule has 0 spiro atoms. The first kappa shape index (κ1) is 20.3. The van der Waals surface area contributed by atoms with Crippen molar-refractivity contribution in [2.24, 2.45) is 5.41 Å². The molecule has 2 amide bonds. The summed E-state index contributed by atoms with van der Waals surface area (Å²) in [5.74, 6) is 1.02. The highest BCUT2D eigenvalue weighted by Crippen LogP contribution is 2.19. The SMILES string of the molecule is CCNC(=O)C(SC)C(C)Nc1cccc(NC(=O)C(C)(C)C)n1. The van der Waals surface area contributed by atoms with Crippen molar-refractivity contribution >= 4 is 35.2 Å². The number of hydrogen-bond acceptors (Lipinski definition) is 5. The first-order valence-electron chi connectivity index (χ1n) is 8.04. The van der Waals surface area contributed by atoms with E-state index in [1.54, 1.807) is 6.07 Å². The van der Waals surface area contributed by atoms with E-state index in [9.17, 15) is 9.59 Å². The van der Waals surface area contributed by atoms with Gasteiger partial charge in [0.25, 0.3) is 0 Å². The fraction of sp³-hybridized carbons (Fsp3) is 0.588. The van der Waals surface area contributed by atoms with E-state index in [1.807, 2.05) is 53.0 Å². The molecule has 2 atom stereocenters. The molecule has 134 valence electrons. The van der Waals surface area contributed by atoms with Crippen molar-refractivity contribution in [2.75, 3.05) is 23.4 Å². The molecular weight excluding hydrogens is 324 g/mol. The normalized spacial score (nSPS) is 13.8. The van der Waals surface area contributed by atoms with Crippen LogP contribution in [0.4, 0.5) is 11.6 Å². The first-order chi connectivity index (χ1) is 11.2. The zero-order valence-corrected chi connectivity index (χ0v) is 16.1. The molecule has 3 N–H and O–H groups in total. The molecule has 7 heteroatoms. The number of nitrogens with zero attached hydrogens (tertiary/aromatic N) is 1. The molecule has 1 aromatic rings. The van der Waals surface area contributed by atoms with Crippen molar-refractivity contribution in [3.63, 3.8) is 0 Å². The molecule has 0 saturated heterocycles. The Balaban J connectivity index is 2.79. The lowest BCUT2D eigenvalue weighted by atomic mass is 9.96. The molecule has 1 rings (SSSR count). The van der Waals surface area contributed by atoms with Crippen molar-refractivity contribution in [3.05, 3.63) is 18.2 Å². The summed E-state index contributed by atoms with van der Waals surface area (Å²) in [6.45, 7) is 10.00. The summed E-state index contributed by atoms with van der Waals surface area (Å²) >= 11 is 1.49. The molecule has 0 saturated carbocycles. The lowest BCUT2D eigenvalue weighted by Crippen LogP contribution is -2.42. The maximum Gasteiger partial charge on any atom is 0.235 e. The summed E-state index contributed by atoms with van der Waals surface area (Å²) in [6, 6.07) is 5.28. The molecule has 0 fully saturated rings. The number of aromatic nitrogens is 1. The van der Waals surface area contributed by atoms with Gasteiger partial charge in [-0.05, 0) is 32.2 Å². The summed E-state index contributed by atoms with van der Waals surface area (Å²) < 4.78 is 0. The van der Waals surface area contributed by atoms with Crippen LogP contribution in [0.2, 0.25) is 0 Å². The summed E-state index contributed by atoms with van der Waals surface area (Å²) in [5, 5.41) is 8.67. The van der Waals surface area contributed by atoms with Crippen LogP contribution >= 0.6 is 11.8 Å². The molecule has 6 nitrogen and oxygen atoms in total. The van der Waals surface area contributed by atoms with Crippen LogP contribution in [-0.2, 0) is 9.59 Å². The number of pyridine rings is 1. The molecule has 0 aliphatic heterocycles. The second-order valence-corrected chi connectivity index (χ2v) is 7.58. The van der Waals surface area contributed by atoms with E-state index in [0.717, 1.165) is 0 Å². The second-order valence-electron chi connectivity index (χ2n) is 6.60. The Morgan fingerprint density at radius 3 is 2.42 bits per heavy atom. The van der Waals surface area contributed by atoms with Crippen LogP contribution in [-0.4, -0.2) is 40.9 Å². The van der Waals surface area contributed by atoms with Gasteiger partial charge in [0.2, 0.25) is 11.8 Å². The predicted molar refractivity (Wildman–Crippen MR) is 101 cm³/mol. The average molecular weight is 353 g/mol. The molecule has 0 aromatic carbocycles. The lowest BCUT2D eigenvalue weighted by Gasteiger charge is -2.23. The van der Waals surface area contributed by atoms with Gasteiger partial charge < -0.3 is 16.0 Å². The van der Waals surface area contributed by atoms with Crippen molar-refractivity contribution < 1.29 is 9.59 Å². The Kier molecular flexibility index (Phi) is 7.54. The van der Waals surface area contributed by atoms with Crippen molar-refractivity contribution in [1.29, 1.82) is 0 Å². The standard InChI is InChI=1S/C17H28N4O2S/c1-7-18-15(22)14(24-6)11(2)19-12-9-8-10-13(20-12)21-16(23)17(3,4)5/h8-11,14H,7H2,1-6H3,(H,18,22)(H2,19,20,21,23). The predicted octanol–water partition coefficient (Wildman–Crippen LogP) is 2.73. The third-order valence-electron chi connectivity index (χ3n) is 3.36. The van der Waals surface area contributed by atoms with Crippen LogP contribution in [0.25, 0.3) is 0 Å². The van der Waals surface area contributed by atoms with Crippen LogP contribution in [0.15, 0.2) is 18.2 Å². The molecular formula is C17H28N4O2S. The maximum absolute atomic E-state index is 12.1. The Hall–Kier alpha value is -1.76. The molecule has 2 unspecified atom stereocenters. The van der Waals surface area contributed by atoms with Crippen LogP contribution in [0.1, 0.15) is 34.6 Å². The Bertz CT molecular complexity index is 572. The average Bonchev–Trinajstić information content (AvgIpc) is 2.47. The number of nitrogens with one attached hydrogen (secondary N) is 3. The summed E-state index contributed by atoms with van der Waals surface area (Å²) in [6.07, 6.45) is 1.91. The zero-order chi connectivity index (χ0) is 18.3. The van der Waals surface area contributed by atoms with Crippen molar-refractivity contribution in [2.45, 2.75) is 45.9 Å². The van der Waals surface area contributed by atoms with Gasteiger partial charge in [-0.1, -0.05) is 26.8 Å². The monoisotopic (exact) mass is 352 g/mol. The third-order valence-corrected chi connectivity index (χ3v) is 4.50. The largest absolute Gasteiger partial charge is 0.366 e. The molecule has 1 heterocycles. The topological polar surface area (TPSA) is 83.1 Å². The van der Waals surface area contributed by atoms with Gasteiger partial charge in [-0.2, -0.15) is 0 Å². The Morgan fingerprint density at radius 2 is 1.88 bits per heavy atom. The van der Waals surface area contributed by atoms with E-state index < -0.39 is 5.41 Å². The minimum atomic E-state index is -0.486. The third kappa shape index (κ3) is 6.03. The van der Waals surface area contributed by atoms with E-state index in [4.69, 9.17) is 0 Å². The van der Waals surface area contributed by atoms with Crippen LogP contribution < -0.4 is 16.0 Å². The van der Waals surface area contributed by atoms with Gasteiger partial charge in [0.05, 0.1) is 0 Å². The molecule has 0 bridgehead atoms. The van der Waals surface area contributed by atoms with E-state index in [2.05, 4.69) is 20.9 Å². The molecule has 0 aliphatic rings. The zero-order valence-electron chi connectivity index (χ0n) is 15.3.